The molecule has 0 spiro atoms. The van der Waals surface area contributed by atoms with Crippen molar-refractivity contribution >= 4 is 0 Å². The molecule has 6 heteroatoms. The predicted molar refractivity (Wildman–Crippen MR) is 66.2 cm³/mol. The van der Waals surface area contributed by atoms with Crippen molar-refractivity contribution in [1.29, 1.82) is 5.26 Å². The molecule has 2 aromatic rings. The SMILES string of the molecule is Cn1cc(C#N)cc1-c1nc(C2CCOCC2)no1. The summed E-state index contributed by atoms with van der Waals surface area (Å²) in [5, 5.41) is 12.9. The molecule has 0 aliphatic carbocycles. The van der Waals surface area contributed by atoms with E-state index < -0.39 is 0 Å². The number of aryl methyl sites for hydroxylation is 1. The van der Waals surface area contributed by atoms with Crippen molar-refractivity contribution in [1.82, 2.24) is 14.7 Å². The second kappa shape index (κ2) is 4.86. The first-order chi connectivity index (χ1) is 9.28. The number of ether oxygens (including phenoxy) is 1. The van der Waals surface area contributed by atoms with E-state index in [0.29, 0.717) is 17.4 Å². The Morgan fingerprint density at radius 2 is 2.21 bits per heavy atom. The van der Waals surface area contributed by atoms with Crippen LogP contribution >= 0.6 is 0 Å². The summed E-state index contributed by atoms with van der Waals surface area (Å²) in [5.74, 6) is 1.51. The molecule has 0 bridgehead atoms. The Balaban J connectivity index is 1.88. The van der Waals surface area contributed by atoms with E-state index in [1.165, 1.54) is 0 Å². The summed E-state index contributed by atoms with van der Waals surface area (Å²) < 4.78 is 12.5. The van der Waals surface area contributed by atoms with E-state index in [2.05, 4.69) is 16.2 Å². The minimum atomic E-state index is 0.307. The topological polar surface area (TPSA) is 76.9 Å². The summed E-state index contributed by atoms with van der Waals surface area (Å²) in [4.78, 5) is 4.45. The van der Waals surface area contributed by atoms with E-state index in [-0.39, 0.29) is 0 Å². The Morgan fingerprint density at radius 3 is 2.89 bits per heavy atom. The van der Waals surface area contributed by atoms with Gasteiger partial charge in [-0.05, 0) is 18.9 Å². The lowest BCUT2D eigenvalue weighted by molar-refractivity contribution is 0.0830. The Kier molecular flexibility index (Phi) is 3.05. The molecule has 2 aromatic heterocycles. The Labute approximate surface area is 110 Å². The lowest BCUT2D eigenvalue weighted by Gasteiger charge is -2.18. The molecule has 6 nitrogen and oxygen atoms in total. The highest BCUT2D eigenvalue weighted by atomic mass is 16.5. The Bertz CT molecular complexity index is 617. The number of nitriles is 1. The number of aromatic nitrogens is 3. The third-order valence-electron chi connectivity index (χ3n) is 3.38. The van der Waals surface area contributed by atoms with Crippen LogP contribution in [0.3, 0.4) is 0 Å². The molecule has 98 valence electrons. The van der Waals surface area contributed by atoms with Crippen LogP contribution in [-0.4, -0.2) is 27.9 Å². The third-order valence-corrected chi connectivity index (χ3v) is 3.38. The Hall–Kier alpha value is -2.13. The monoisotopic (exact) mass is 258 g/mol. The number of hydrogen-bond donors (Lipinski definition) is 0. The maximum Gasteiger partial charge on any atom is 0.274 e. The molecular formula is C13H14N4O2. The van der Waals surface area contributed by atoms with Crippen LogP contribution in [0.5, 0.6) is 0 Å². The maximum atomic E-state index is 8.89. The second-order valence-electron chi connectivity index (χ2n) is 4.68. The van der Waals surface area contributed by atoms with Crippen LogP contribution in [0.1, 0.15) is 30.1 Å². The lowest BCUT2D eigenvalue weighted by Crippen LogP contribution is -2.15. The number of hydrogen-bond acceptors (Lipinski definition) is 5. The highest BCUT2D eigenvalue weighted by molar-refractivity contribution is 5.52. The van der Waals surface area contributed by atoms with Crippen molar-refractivity contribution < 1.29 is 9.26 Å². The van der Waals surface area contributed by atoms with Crippen molar-refractivity contribution in [2.75, 3.05) is 13.2 Å². The second-order valence-corrected chi connectivity index (χ2v) is 4.68. The fourth-order valence-electron chi connectivity index (χ4n) is 2.30. The van der Waals surface area contributed by atoms with Crippen LogP contribution in [-0.2, 0) is 11.8 Å². The molecular weight excluding hydrogens is 244 g/mol. The van der Waals surface area contributed by atoms with Crippen LogP contribution in [0.4, 0.5) is 0 Å². The molecule has 0 N–H and O–H groups in total. The molecule has 0 atom stereocenters. The smallest absolute Gasteiger partial charge is 0.274 e. The van der Waals surface area contributed by atoms with Gasteiger partial charge in [0.25, 0.3) is 5.89 Å². The molecule has 1 aliphatic heterocycles. The lowest BCUT2D eigenvalue weighted by atomic mass is 10.00. The first-order valence-corrected chi connectivity index (χ1v) is 6.26. The van der Waals surface area contributed by atoms with Crippen LogP contribution in [0.15, 0.2) is 16.8 Å². The summed E-state index contributed by atoms with van der Waals surface area (Å²) in [6.07, 6.45) is 3.60. The van der Waals surface area contributed by atoms with Crippen molar-refractivity contribution in [3.63, 3.8) is 0 Å². The van der Waals surface area contributed by atoms with E-state index in [4.69, 9.17) is 14.5 Å². The maximum absolute atomic E-state index is 8.89. The molecule has 1 saturated heterocycles. The highest BCUT2D eigenvalue weighted by Crippen LogP contribution is 2.27. The zero-order chi connectivity index (χ0) is 13.2. The highest BCUT2D eigenvalue weighted by Gasteiger charge is 2.22. The molecule has 3 rings (SSSR count). The van der Waals surface area contributed by atoms with Gasteiger partial charge in [-0.2, -0.15) is 10.2 Å². The van der Waals surface area contributed by atoms with Crippen molar-refractivity contribution in [2.45, 2.75) is 18.8 Å². The van der Waals surface area contributed by atoms with E-state index in [1.54, 1.807) is 12.3 Å². The number of nitrogens with zero attached hydrogens (tertiary/aromatic N) is 4. The summed E-state index contributed by atoms with van der Waals surface area (Å²) in [6.45, 7) is 1.49. The summed E-state index contributed by atoms with van der Waals surface area (Å²) in [7, 11) is 1.86. The van der Waals surface area contributed by atoms with Crippen LogP contribution in [0.25, 0.3) is 11.6 Å². The fraction of sp³-hybridized carbons (Fsp3) is 0.462. The van der Waals surface area contributed by atoms with Gasteiger partial charge in [0.15, 0.2) is 5.82 Å². The van der Waals surface area contributed by atoms with Gasteiger partial charge in [0.1, 0.15) is 11.8 Å². The molecule has 0 saturated carbocycles. The van der Waals surface area contributed by atoms with Gasteiger partial charge in [0, 0.05) is 32.4 Å². The first kappa shape index (κ1) is 11.9. The first-order valence-electron chi connectivity index (χ1n) is 6.26. The van der Waals surface area contributed by atoms with Gasteiger partial charge >= 0.3 is 0 Å². The third kappa shape index (κ3) is 2.25. The Morgan fingerprint density at radius 1 is 1.42 bits per heavy atom. The average Bonchev–Trinajstić information content (AvgIpc) is 3.06. The van der Waals surface area contributed by atoms with Crippen LogP contribution < -0.4 is 0 Å². The van der Waals surface area contributed by atoms with Gasteiger partial charge in [-0.1, -0.05) is 5.16 Å². The predicted octanol–water partition coefficient (Wildman–Crippen LogP) is 1.84. The molecule has 1 fully saturated rings. The molecule has 1 aliphatic rings. The van der Waals surface area contributed by atoms with Gasteiger partial charge in [-0.3, -0.25) is 0 Å². The number of rotatable bonds is 2. The minimum Gasteiger partial charge on any atom is -0.381 e. The van der Waals surface area contributed by atoms with E-state index >= 15 is 0 Å². The normalized spacial score (nSPS) is 16.4. The average molecular weight is 258 g/mol. The molecule has 0 amide bonds. The van der Waals surface area contributed by atoms with E-state index in [1.807, 2.05) is 11.6 Å². The van der Waals surface area contributed by atoms with Gasteiger partial charge in [-0.15, -0.1) is 0 Å². The summed E-state index contributed by atoms with van der Waals surface area (Å²) >= 11 is 0. The molecule has 0 radical (unpaired) electrons. The molecule has 19 heavy (non-hydrogen) atoms. The van der Waals surface area contributed by atoms with Crippen LogP contribution in [0, 0.1) is 11.3 Å². The minimum absolute atomic E-state index is 0.307. The molecule has 0 aromatic carbocycles. The zero-order valence-electron chi connectivity index (χ0n) is 10.7. The van der Waals surface area contributed by atoms with Crippen molar-refractivity contribution in [2.24, 2.45) is 7.05 Å². The summed E-state index contributed by atoms with van der Waals surface area (Å²) in [6, 6.07) is 3.85. The van der Waals surface area contributed by atoms with Gasteiger partial charge in [-0.25, -0.2) is 0 Å². The van der Waals surface area contributed by atoms with E-state index in [9.17, 15) is 0 Å². The fourth-order valence-corrected chi connectivity index (χ4v) is 2.30. The quantitative estimate of drug-likeness (QED) is 0.821. The van der Waals surface area contributed by atoms with Gasteiger partial charge in [0.2, 0.25) is 0 Å². The van der Waals surface area contributed by atoms with Gasteiger partial charge < -0.3 is 13.8 Å². The van der Waals surface area contributed by atoms with Crippen LogP contribution in [0.2, 0.25) is 0 Å². The van der Waals surface area contributed by atoms with E-state index in [0.717, 1.165) is 37.6 Å². The van der Waals surface area contributed by atoms with Crippen molar-refractivity contribution in [3.05, 3.63) is 23.7 Å². The zero-order valence-corrected chi connectivity index (χ0v) is 10.7. The van der Waals surface area contributed by atoms with Crippen molar-refractivity contribution in [3.8, 4) is 17.7 Å². The molecule has 3 heterocycles. The standard InChI is InChI=1S/C13H14N4O2/c1-17-8-9(7-14)6-11(17)13-15-12(16-19-13)10-2-4-18-5-3-10/h6,8,10H,2-5H2,1H3. The van der Waals surface area contributed by atoms with Gasteiger partial charge in [0.05, 0.1) is 5.56 Å². The molecule has 0 unspecified atom stereocenters. The largest absolute Gasteiger partial charge is 0.381 e. The summed E-state index contributed by atoms with van der Waals surface area (Å²) in [5.41, 5.74) is 1.35.